The minimum Gasteiger partial charge on any atom is -0.497 e. The third-order valence-electron chi connectivity index (χ3n) is 4.05. The molecule has 0 saturated heterocycles. The van der Waals surface area contributed by atoms with Crippen LogP contribution < -0.4 is 10.3 Å². The summed E-state index contributed by atoms with van der Waals surface area (Å²) in [7, 11) is 1.57. The van der Waals surface area contributed by atoms with Gasteiger partial charge in [-0.2, -0.15) is 10.2 Å². The number of hydrogen-bond donors (Lipinski definition) is 1. The fourth-order valence-electron chi connectivity index (χ4n) is 2.72. The third kappa shape index (κ3) is 3.44. The van der Waals surface area contributed by atoms with Gasteiger partial charge in [0.15, 0.2) is 10.7 Å². The number of aryl methyl sites for hydroxylation is 1. The zero-order valence-corrected chi connectivity index (χ0v) is 16.8. The van der Waals surface area contributed by atoms with Crippen LogP contribution in [0.25, 0.3) is 16.6 Å². The SMILES string of the molecule is CC.COc1ccc2c(=O)nc3c(Sc4ccc(C#N)cc4C)n[nH]n3c2c1. The molecule has 2 aromatic heterocycles. The molecule has 4 aromatic rings. The van der Waals surface area contributed by atoms with E-state index in [-0.39, 0.29) is 5.56 Å². The van der Waals surface area contributed by atoms with E-state index >= 15 is 0 Å². The van der Waals surface area contributed by atoms with Gasteiger partial charge in [-0.1, -0.05) is 25.6 Å². The van der Waals surface area contributed by atoms with Crippen LogP contribution in [0.5, 0.6) is 5.75 Å². The predicted octanol–water partition coefficient (Wildman–Crippen LogP) is 3.94. The lowest BCUT2D eigenvalue weighted by Crippen LogP contribution is -2.10. The summed E-state index contributed by atoms with van der Waals surface area (Å²) in [6, 6.07) is 12.7. The van der Waals surface area contributed by atoms with E-state index in [4.69, 9.17) is 10.00 Å². The molecule has 0 bridgehead atoms. The number of nitrogens with zero attached hydrogens (tertiary/aromatic N) is 4. The molecule has 0 aliphatic carbocycles. The summed E-state index contributed by atoms with van der Waals surface area (Å²) in [6.45, 7) is 5.93. The van der Waals surface area contributed by atoms with Crippen molar-refractivity contribution in [1.82, 2.24) is 19.8 Å². The lowest BCUT2D eigenvalue weighted by Gasteiger charge is -2.05. The molecular weight excluding hydrogens is 374 g/mol. The van der Waals surface area contributed by atoms with Crippen LogP contribution in [0, 0.1) is 18.3 Å². The number of nitriles is 1. The number of nitrogens with one attached hydrogen (secondary N) is 1. The van der Waals surface area contributed by atoms with Crippen LogP contribution in [-0.2, 0) is 0 Å². The largest absolute Gasteiger partial charge is 0.497 e. The maximum absolute atomic E-state index is 12.4. The molecule has 0 atom stereocenters. The second kappa shape index (κ2) is 8.15. The molecule has 0 fully saturated rings. The summed E-state index contributed by atoms with van der Waals surface area (Å²) in [5.41, 5.74) is 2.34. The summed E-state index contributed by atoms with van der Waals surface area (Å²) < 4.78 is 6.92. The minimum absolute atomic E-state index is 0.317. The normalized spacial score (nSPS) is 10.4. The van der Waals surface area contributed by atoms with Crippen molar-refractivity contribution in [1.29, 1.82) is 5.26 Å². The lowest BCUT2D eigenvalue weighted by molar-refractivity contribution is 0.415. The second-order valence-electron chi connectivity index (χ2n) is 5.67. The second-order valence-corrected chi connectivity index (χ2v) is 6.70. The molecular formula is C20H19N5O2S. The van der Waals surface area contributed by atoms with Crippen molar-refractivity contribution in [3.05, 3.63) is 57.9 Å². The van der Waals surface area contributed by atoms with Gasteiger partial charge in [0.2, 0.25) is 0 Å². The average Bonchev–Trinajstić information content (AvgIpc) is 3.13. The van der Waals surface area contributed by atoms with Crippen molar-refractivity contribution in [3.8, 4) is 11.8 Å². The Balaban J connectivity index is 0.00000109. The van der Waals surface area contributed by atoms with Crippen molar-refractivity contribution in [2.24, 2.45) is 0 Å². The first-order valence-corrected chi connectivity index (χ1v) is 9.56. The number of methoxy groups -OCH3 is 1. The number of benzene rings is 2. The van der Waals surface area contributed by atoms with Crippen LogP contribution in [-0.4, -0.2) is 26.9 Å². The van der Waals surface area contributed by atoms with Gasteiger partial charge in [-0.3, -0.25) is 4.79 Å². The highest BCUT2D eigenvalue weighted by molar-refractivity contribution is 7.99. The van der Waals surface area contributed by atoms with Crippen LogP contribution in [0.15, 0.2) is 51.1 Å². The molecule has 7 nitrogen and oxygen atoms in total. The molecule has 0 amide bonds. The molecule has 8 heteroatoms. The number of rotatable bonds is 3. The smallest absolute Gasteiger partial charge is 0.281 e. The molecule has 0 unspecified atom stereocenters. The van der Waals surface area contributed by atoms with Gasteiger partial charge in [0, 0.05) is 11.0 Å². The molecule has 0 spiro atoms. The van der Waals surface area contributed by atoms with Gasteiger partial charge in [0.1, 0.15) is 5.75 Å². The van der Waals surface area contributed by atoms with Crippen LogP contribution in [0.2, 0.25) is 0 Å². The van der Waals surface area contributed by atoms with E-state index in [9.17, 15) is 4.79 Å². The highest BCUT2D eigenvalue weighted by Crippen LogP contribution is 2.32. The zero-order chi connectivity index (χ0) is 20.3. The Kier molecular flexibility index (Phi) is 5.66. The van der Waals surface area contributed by atoms with Gasteiger partial charge in [0.25, 0.3) is 5.56 Å². The summed E-state index contributed by atoms with van der Waals surface area (Å²) in [5, 5.41) is 17.3. The van der Waals surface area contributed by atoms with Crippen molar-refractivity contribution in [2.75, 3.05) is 7.11 Å². The number of fused-ring (bicyclic) bond motifs is 3. The summed E-state index contributed by atoms with van der Waals surface area (Å²) in [5.74, 6) is 0.642. The predicted molar refractivity (Wildman–Crippen MR) is 109 cm³/mol. The van der Waals surface area contributed by atoms with Gasteiger partial charge in [0.05, 0.1) is 29.6 Å². The van der Waals surface area contributed by atoms with E-state index in [1.807, 2.05) is 32.9 Å². The molecule has 142 valence electrons. The van der Waals surface area contributed by atoms with Gasteiger partial charge < -0.3 is 4.74 Å². The monoisotopic (exact) mass is 393 g/mol. The number of hydrogen-bond acceptors (Lipinski definition) is 6. The molecule has 1 N–H and O–H groups in total. The van der Waals surface area contributed by atoms with E-state index in [1.165, 1.54) is 11.8 Å². The van der Waals surface area contributed by atoms with Gasteiger partial charge in [-0.25, -0.2) is 9.73 Å². The van der Waals surface area contributed by atoms with Gasteiger partial charge in [-0.15, -0.1) is 5.10 Å². The summed E-state index contributed by atoms with van der Waals surface area (Å²) in [4.78, 5) is 17.5. The van der Waals surface area contributed by atoms with Crippen molar-refractivity contribution in [3.63, 3.8) is 0 Å². The zero-order valence-electron chi connectivity index (χ0n) is 16.0. The third-order valence-corrected chi connectivity index (χ3v) is 5.19. The summed E-state index contributed by atoms with van der Waals surface area (Å²) in [6.07, 6.45) is 0. The van der Waals surface area contributed by atoms with Crippen LogP contribution in [0.1, 0.15) is 25.0 Å². The Morgan fingerprint density at radius 2 is 2.00 bits per heavy atom. The average molecular weight is 393 g/mol. The van der Waals surface area contributed by atoms with Gasteiger partial charge >= 0.3 is 0 Å². The fourth-order valence-corrected chi connectivity index (χ4v) is 3.60. The van der Waals surface area contributed by atoms with Crippen molar-refractivity contribution in [2.45, 2.75) is 30.7 Å². The highest BCUT2D eigenvalue weighted by atomic mass is 32.2. The molecule has 0 radical (unpaired) electrons. The van der Waals surface area contributed by atoms with Crippen LogP contribution >= 0.6 is 11.8 Å². The number of H-pyrrole nitrogens is 1. The van der Waals surface area contributed by atoms with Crippen molar-refractivity contribution < 1.29 is 4.74 Å². The lowest BCUT2D eigenvalue weighted by atomic mass is 10.2. The maximum atomic E-state index is 12.4. The molecule has 0 aliphatic heterocycles. The van der Waals surface area contributed by atoms with E-state index in [1.54, 1.807) is 35.9 Å². The topological polar surface area (TPSA) is 96.1 Å². The first-order chi connectivity index (χ1) is 13.6. The standard InChI is InChI=1S/C18H13N5O2S.C2H6/c1-10-7-11(9-19)3-6-15(10)26-18-16-20-17(24)13-5-4-12(25-2)8-14(13)23(16)22-21-18;1-2/h3-8,22H,1-2H3;1-2H3. The Labute approximate surface area is 166 Å². The number of ether oxygens (including phenoxy) is 1. The minimum atomic E-state index is -0.317. The molecule has 2 heterocycles. The molecule has 2 aromatic carbocycles. The first kappa shape index (κ1) is 19.5. The molecule has 0 saturated carbocycles. The number of aromatic amines is 1. The maximum Gasteiger partial charge on any atom is 0.281 e. The van der Waals surface area contributed by atoms with Crippen LogP contribution in [0.3, 0.4) is 0 Å². The Morgan fingerprint density at radius 1 is 1.21 bits per heavy atom. The van der Waals surface area contributed by atoms with Gasteiger partial charge in [-0.05, 0) is 42.8 Å². The van der Waals surface area contributed by atoms with E-state index in [0.29, 0.717) is 32.9 Å². The molecule has 4 rings (SSSR count). The molecule has 0 aliphatic rings. The Hall–Kier alpha value is -3.31. The Bertz CT molecular complexity index is 1250. The van der Waals surface area contributed by atoms with Crippen molar-refractivity contribution >= 4 is 28.3 Å². The fraction of sp³-hybridized carbons (Fsp3) is 0.200. The van der Waals surface area contributed by atoms with Crippen LogP contribution in [0.4, 0.5) is 0 Å². The quantitative estimate of drug-likeness (QED) is 0.566. The molecule has 28 heavy (non-hydrogen) atoms. The van der Waals surface area contributed by atoms with E-state index in [2.05, 4.69) is 21.4 Å². The van der Waals surface area contributed by atoms with E-state index < -0.39 is 0 Å². The summed E-state index contributed by atoms with van der Waals surface area (Å²) >= 11 is 1.39. The first-order valence-electron chi connectivity index (χ1n) is 8.74. The highest BCUT2D eigenvalue weighted by Gasteiger charge is 2.15. The van der Waals surface area contributed by atoms with E-state index in [0.717, 1.165) is 10.5 Å². The Morgan fingerprint density at radius 3 is 2.68 bits per heavy atom. The number of aromatic nitrogens is 4.